The number of carbonyl (C=O) groups excluding carboxylic acids is 1. The van der Waals surface area contributed by atoms with Gasteiger partial charge in [0.05, 0.1) is 18.9 Å². The van der Waals surface area contributed by atoms with Crippen LogP contribution in [0.5, 0.6) is 5.75 Å². The van der Waals surface area contributed by atoms with Crippen LogP contribution in [-0.4, -0.2) is 25.6 Å². The molecule has 1 amide bonds. The van der Waals surface area contributed by atoms with Gasteiger partial charge in [-0.15, -0.1) is 0 Å². The number of rotatable bonds is 7. The molecule has 1 atom stereocenters. The number of carbonyl (C=O) groups is 1. The molecule has 1 aromatic carbocycles. The van der Waals surface area contributed by atoms with Crippen molar-refractivity contribution >= 4 is 23.2 Å². The Morgan fingerprint density at radius 2 is 2.30 bits per heavy atom. The topological polar surface area (TPSA) is 74.2 Å². The fourth-order valence-electron chi connectivity index (χ4n) is 1.62. The molecule has 0 spiro atoms. The lowest BCUT2D eigenvalue weighted by atomic mass is 10.2. The Kier molecular flexibility index (Phi) is 6.68. The number of hydrogen-bond donors (Lipinski definition) is 2. The zero-order valence-corrected chi connectivity index (χ0v) is 12.3. The highest BCUT2D eigenvalue weighted by Crippen LogP contribution is 2.27. The van der Waals surface area contributed by atoms with Crippen LogP contribution in [0.15, 0.2) is 18.2 Å². The maximum atomic E-state index is 11.6. The first kappa shape index (κ1) is 16.1. The fraction of sp³-hybridized carbons (Fsp3) is 0.429. The SMILES string of the molecule is CC[C@@H](C#N)NC(=O)CCNc1cc(Cl)ccc1OC. The molecule has 2 N–H and O–H groups in total. The summed E-state index contributed by atoms with van der Waals surface area (Å²) in [5.41, 5.74) is 0.736. The van der Waals surface area contributed by atoms with Gasteiger partial charge in [0, 0.05) is 18.0 Å². The second-order valence-electron chi connectivity index (χ2n) is 4.18. The number of benzene rings is 1. The van der Waals surface area contributed by atoms with Crippen molar-refractivity contribution in [2.75, 3.05) is 19.0 Å². The summed E-state index contributed by atoms with van der Waals surface area (Å²) in [4.78, 5) is 11.6. The quantitative estimate of drug-likeness (QED) is 0.811. The lowest BCUT2D eigenvalue weighted by Gasteiger charge is -2.12. The Bertz CT molecular complexity index is 500. The van der Waals surface area contributed by atoms with E-state index in [-0.39, 0.29) is 12.3 Å². The summed E-state index contributed by atoms with van der Waals surface area (Å²) in [5.74, 6) is 0.505. The van der Waals surface area contributed by atoms with E-state index >= 15 is 0 Å². The number of nitriles is 1. The molecule has 0 aliphatic rings. The van der Waals surface area contributed by atoms with E-state index < -0.39 is 6.04 Å². The molecule has 0 aromatic heterocycles. The maximum Gasteiger partial charge on any atom is 0.222 e. The third kappa shape index (κ3) is 4.98. The normalized spacial score (nSPS) is 11.3. The average molecular weight is 296 g/mol. The minimum absolute atomic E-state index is 0.160. The smallest absolute Gasteiger partial charge is 0.222 e. The highest BCUT2D eigenvalue weighted by atomic mass is 35.5. The van der Waals surface area contributed by atoms with Gasteiger partial charge in [-0.25, -0.2) is 0 Å². The molecule has 108 valence electrons. The van der Waals surface area contributed by atoms with Gasteiger partial charge in [0.2, 0.25) is 5.91 Å². The summed E-state index contributed by atoms with van der Waals surface area (Å²) in [6, 6.07) is 6.83. The first-order chi connectivity index (χ1) is 9.60. The fourth-order valence-corrected chi connectivity index (χ4v) is 1.79. The molecule has 0 heterocycles. The minimum atomic E-state index is -0.428. The Hall–Kier alpha value is -1.93. The minimum Gasteiger partial charge on any atom is -0.495 e. The third-order valence-electron chi connectivity index (χ3n) is 2.73. The molecule has 6 heteroatoms. The van der Waals surface area contributed by atoms with E-state index in [0.29, 0.717) is 23.7 Å². The van der Waals surface area contributed by atoms with Gasteiger partial charge in [-0.3, -0.25) is 4.79 Å². The number of amides is 1. The van der Waals surface area contributed by atoms with Gasteiger partial charge in [0.25, 0.3) is 0 Å². The molecule has 0 saturated heterocycles. The number of nitrogens with zero attached hydrogens (tertiary/aromatic N) is 1. The maximum absolute atomic E-state index is 11.6. The van der Waals surface area contributed by atoms with Crippen LogP contribution < -0.4 is 15.4 Å². The van der Waals surface area contributed by atoms with E-state index in [1.807, 2.05) is 13.0 Å². The predicted molar refractivity (Wildman–Crippen MR) is 78.9 cm³/mol. The first-order valence-corrected chi connectivity index (χ1v) is 6.74. The van der Waals surface area contributed by atoms with Crippen molar-refractivity contribution in [1.29, 1.82) is 5.26 Å². The van der Waals surface area contributed by atoms with E-state index in [1.165, 1.54) is 0 Å². The van der Waals surface area contributed by atoms with Crippen molar-refractivity contribution < 1.29 is 9.53 Å². The van der Waals surface area contributed by atoms with Crippen LogP contribution in [0.25, 0.3) is 0 Å². The summed E-state index contributed by atoms with van der Waals surface area (Å²) in [7, 11) is 1.57. The molecule has 20 heavy (non-hydrogen) atoms. The van der Waals surface area contributed by atoms with Crippen molar-refractivity contribution in [3.05, 3.63) is 23.2 Å². The molecule has 0 saturated carbocycles. The molecule has 1 aromatic rings. The van der Waals surface area contributed by atoms with E-state index in [1.54, 1.807) is 25.3 Å². The number of halogens is 1. The van der Waals surface area contributed by atoms with Crippen LogP contribution in [-0.2, 0) is 4.79 Å². The number of anilines is 1. The molecule has 5 nitrogen and oxygen atoms in total. The number of hydrogen-bond acceptors (Lipinski definition) is 4. The molecule has 0 radical (unpaired) electrons. The van der Waals surface area contributed by atoms with Gasteiger partial charge >= 0.3 is 0 Å². The zero-order chi connectivity index (χ0) is 15.0. The molecule has 0 aliphatic heterocycles. The van der Waals surface area contributed by atoms with E-state index in [2.05, 4.69) is 10.6 Å². The summed E-state index contributed by atoms with van der Waals surface area (Å²) in [5, 5.41) is 15.1. The number of methoxy groups -OCH3 is 1. The van der Waals surface area contributed by atoms with Crippen LogP contribution in [0.2, 0.25) is 5.02 Å². The largest absolute Gasteiger partial charge is 0.495 e. The van der Waals surface area contributed by atoms with Crippen molar-refractivity contribution in [3.8, 4) is 11.8 Å². The van der Waals surface area contributed by atoms with Gasteiger partial charge in [0.15, 0.2) is 0 Å². The molecule has 0 aliphatic carbocycles. The van der Waals surface area contributed by atoms with Crippen LogP contribution in [0.4, 0.5) is 5.69 Å². The van der Waals surface area contributed by atoms with Crippen molar-refractivity contribution in [1.82, 2.24) is 5.32 Å². The van der Waals surface area contributed by atoms with Gasteiger partial charge in [-0.05, 0) is 24.6 Å². The Morgan fingerprint density at radius 1 is 1.55 bits per heavy atom. The highest BCUT2D eigenvalue weighted by Gasteiger charge is 2.09. The number of nitrogens with one attached hydrogen (secondary N) is 2. The van der Waals surface area contributed by atoms with E-state index in [0.717, 1.165) is 5.69 Å². The molecule has 1 rings (SSSR count). The first-order valence-electron chi connectivity index (χ1n) is 6.37. The summed E-state index contributed by atoms with van der Waals surface area (Å²) < 4.78 is 5.19. The van der Waals surface area contributed by atoms with Gasteiger partial charge < -0.3 is 15.4 Å². The second kappa shape index (κ2) is 8.28. The predicted octanol–water partition coefficient (Wildman–Crippen LogP) is 2.57. The van der Waals surface area contributed by atoms with E-state index in [4.69, 9.17) is 21.6 Å². The van der Waals surface area contributed by atoms with Crippen LogP contribution in [0.3, 0.4) is 0 Å². The van der Waals surface area contributed by atoms with Crippen LogP contribution >= 0.6 is 11.6 Å². The summed E-state index contributed by atoms with van der Waals surface area (Å²) >= 11 is 5.91. The van der Waals surface area contributed by atoms with Crippen molar-refractivity contribution in [2.45, 2.75) is 25.8 Å². The van der Waals surface area contributed by atoms with Gasteiger partial charge in [-0.2, -0.15) is 5.26 Å². The molecule has 0 bridgehead atoms. The monoisotopic (exact) mass is 295 g/mol. The average Bonchev–Trinajstić information content (AvgIpc) is 2.45. The summed E-state index contributed by atoms with van der Waals surface area (Å²) in [6.45, 7) is 2.29. The molecular formula is C14H18ClN3O2. The molecular weight excluding hydrogens is 278 g/mol. The third-order valence-corrected chi connectivity index (χ3v) is 2.96. The Labute approximate surface area is 123 Å². The van der Waals surface area contributed by atoms with Crippen molar-refractivity contribution in [2.24, 2.45) is 0 Å². The summed E-state index contributed by atoms with van der Waals surface area (Å²) in [6.07, 6.45) is 0.867. The molecule has 0 unspecified atom stereocenters. The van der Waals surface area contributed by atoms with Gasteiger partial charge in [0.1, 0.15) is 11.8 Å². The van der Waals surface area contributed by atoms with Crippen LogP contribution in [0.1, 0.15) is 19.8 Å². The number of ether oxygens (including phenoxy) is 1. The zero-order valence-electron chi connectivity index (χ0n) is 11.6. The van der Waals surface area contributed by atoms with E-state index in [9.17, 15) is 4.79 Å². The standard InChI is InChI=1S/C14H18ClN3O2/c1-3-11(9-16)18-14(19)6-7-17-12-8-10(15)4-5-13(12)20-2/h4-5,8,11,17H,3,6-7H2,1-2H3,(H,18,19)/t11-/m0/s1. The highest BCUT2D eigenvalue weighted by molar-refractivity contribution is 6.30. The lowest BCUT2D eigenvalue weighted by molar-refractivity contribution is -0.121. The van der Waals surface area contributed by atoms with Crippen molar-refractivity contribution in [3.63, 3.8) is 0 Å². The lowest BCUT2D eigenvalue weighted by Crippen LogP contribution is -2.34. The molecule has 0 fully saturated rings. The van der Waals surface area contributed by atoms with Gasteiger partial charge in [-0.1, -0.05) is 18.5 Å². The Balaban J connectivity index is 2.47. The Morgan fingerprint density at radius 3 is 2.90 bits per heavy atom. The second-order valence-corrected chi connectivity index (χ2v) is 4.62. The van der Waals surface area contributed by atoms with Crippen LogP contribution in [0, 0.1) is 11.3 Å².